The molecule has 0 aliphatic carbocycles. The van der Waals surface area contributed by atoms with Crippen LogP contribution in [0.1, 0.15) is 30.7 Å². The van der Waals surface area contributed by atoms with Crippen LogP contribution in [0.2, 0.25) is 0 Å². The zero-order chi connectivity index (χ0) is 13.8. The maximum atomic E-state index is 13.7. The molecule has 5 heteroatoms. The van der Waals surface area contributed by atoms with Crippen LogP contribution in [0, 0.1) is 5.82 Å². The first-order valence-corrected chi connectivity index (χ1v) is 7.04. The van der Waals surface area contributed by atoms with Crippen molar-refractivity contribution in [1.29, 1.82) is 0 Å². The van der Waals surface area contributed by atoms with Crippen LogP contribution in [0.15, 0.2) is 34.9 Å². The van der Waals surface area contributed by atoms with Crippen LogP contribution < -0.4 is 0 Å². The minimum atomic E-state index is -0.752. The Morgan fingerprint density at radius 1 is 1.42 bits per heavy atom. The van der Waals surface area contributed by atoms with Crippen LogP contribution >= 0.6 is 15.9 Å². The number of aliphatic hydroxyl groups is 1. The molecule has 1 N–H and O–H groups in total. The van der Waals surface area contributed by atoms with Crippen LogP contribution in [-0.2, 0) is 13.0 Å². The number of benzene rings is 1. The van der Waals surface area contributed by atoms with E-state index in [-0.39, 0.29) is 12.2 Å². The molecule has 0 saturated heterocycles. The van der Waals surface area contributed by atoms with Gasteiger partial charge in [-0.2, -0.15) is 5.10 Å². The summed E-state index contributed by atoms with van der Waals surface area (Å²) in [5.74, 6) is -0.302. The Morgan fingerprint density at radius 2 is 2.21 bits per heavy atom. The molecule has 0 radical (unpaired) electrons. The Bertz CT molecular complexity index is 556. The van der Waals surface area contributed by atoms with Crippen molar-refractivity contribution in [1.82, 2.24) is 9.78 Å². The third-order valence-electron chi connectivity index (χ3n) is 2.95. The lowest BCUT2D eigenvalue weighted by Gasteiger charge is -2.13. The highest BCUT2D eigenvalue weighted by Crippen LogP contribution is 2.22. The van der Waals surface area contributed by atoms with Gasteiger partial charge < -0.3 is 5.11 Å². The fourth-order valence-corrected chi connectivity index (χ4v) is 2.45. The average molecular weight is 327 g/mol. The predicted molar refractivity (Wildman–Crippen MR) is 75.3 cm³/mol. The van der Waals surface area contributed by atoms with Crippen LogP contribution in [0.25, 0.3) is 0 Å². The van der Waals surface area contributed by atoms with Gasteiger partial charge >= 0.3 is 0 Å². The third-order valence-corrected chi connectivity index (χ3v) is 3.44. The van der Waals surface area contributed by atoms with Crippen LogP contribution in [0.5, 0.6) is 0 Å². The predicted octanol–water partition coefficient (Wildman–Crippen LogP) is 3.47. The maximum Gasteiger partial charge on any atom is 0.126 e. The first-order valence-electron chi connectivity index (χ1n) is 6.25. The van der Waals surface area contributed by atoms with Crippen molar-refractivity contribution in [2.45, 2.75) is 32.4 Å². The molecular formula is C14H16BrFN2O. The molecule has 2 aromatic rings. The van der Waals surface area contributed by atoms with Crippen LogP contribution in [-0.4, -0.2) is 14.9 Å². The number of nitrogens with zero attached hydrogens (tertiary/aromatic N) is 2. The van der Waals surface area contributed by atoms with Crippen molar-refractivity contribution < 1.29 is 9.50 Å². The van der Waals surface area contributed by atoms with Gasteiger partial charge in [-0.15, -0.1) is 0 Å². The van der Waals surface area contributed by atoms with Crippen molar-refractivity contribution >= 4 is 15.9 Å². The van der Waals surface area contributed by atoms with Crippen molar-refractivity contribution in [3.05, 3.63) is 52.0 Å². The molecule has 19 heavy (non-hydrogen) atoms. The SMILES string of the molecule is CCCn1nccc1C(O)Cc1cc(Br)ccc1F. The fourth-order valence-electron chi connectivity index (χ4n) is 2.04. The van der Waals surface area contributed by atoms with E-state index in [1.165, 1.54) is 6.07 Å². The molecule has 1 aromatic carbocycles. The molecule has 0 fully saturated rings. The van der Waals surface area contributed by atoms with E-state index in [0.29, 0.717) is 5.56 Å². The molecule has 0 spiro atoms. The summed E-state index contributed by atoms with van der Waals surface area (Å²) in [6, 6.07) is 6.51. The van der Waals surface area contributed by atoms with Gasteiger partial charge in [0.15, 0.2) is 0 Å². The molecule has 0 bridgehead atoms. The molecular weight excluding hydrogens is 311 g/mol. The van der Waals surface area contributed by atoms with E-state index >= 15 is 0 Å². The standard InChI is InChI=1S/C14H16BrFN2O/c1-2-7-18-13(5-6-17-18)14(19)9-10-8-11(15)3-4-12(10)16/h3-6,8,14,19H,2,7,9H2,1H3. The summed E-state index contributed by atoms with van der Waals surface area (Å²) >= 11 is 3.31. The van der Waals surface area contributed by atoms with Gasteiger partial charge in [0.05, 0.1) is 11.8 Å². The monoisotopic (exact) mass is 326 g/mol. The summed E-state index contributed by atoms with van der Waals surface area (Å²) in [4.78, 5) is 0. The molecule has 1 unspecified atom stereocenters. The Labute approximate surface area is 120 Å². The summed E-state index contributed by atoms with van der Waals surface area (Å²) in [6.45, 7) is 2.80. The summed E-state index contributed by atoms with van der Waals surface area (Å²) in [6.07, 6.45) is 2.08. The molecule has 0 amide bonds. The molecule has 3 nitrogen and oxygen atoms in total. The number of rotatable bonds is 5. The lowest BCUT2D eigenvalue weighted by atomic mass is 10.1. The molecule has 1 heterocycles. The summed E-state index contributed by atoms with van der Waals surface area (Å²) < 4.78 is 16.2. The van der Waals surface area contributed by atoms with Crippen LogP contribution in [0.3, 0.4) is 0 Å². The van der Waals surface area contributed by atoms with Gasteiger partial charge in [0, 0.05) is 23.6 Å². The first kappa shape index (κ1) is 14.2. The van der Waals surface area contributed by atoms with Crippen molar-refractivity contribution in [2.75, 3.05) is 0 Å². The number of halogens is 2. The number of hydrogen-bond donors (Lipinski definition) is 1. The van der Waals surface area contributed by atoms with Crippen molar-refractivity contribution in [3.8, 4) is 0 Å². The number of aromatic nitrogens is 2. The van der Waals surface area contributed by atoms with Gasteiger partial charge in [-0.25, -0.2) is 4.39 Å². The Morgan fingerprint density at radius 3 is 2.95 bits per heavy atom. The smallest absolute Gasteiger partial charge is 0.126 e. The van der Waals surface area contributed by atoms with Gasteiger partial charge in [0.1, 0.15) is 5.82 Å². The topological polar surface area (TPSA) is 38.0 Å². The molecule has 0 saturated carbocycles. The summed E-state index contributed by atoms with van der Waals surface area (Å²) in [5, 5.41) is 14.4. The molecule has 0 aliphatic heterocycles. The van der Waals surface area contributed by atoms with E-state index in [4.69, 9.17) is 0 Å². The minimum Gasteiger partial charge on any atom is -0.386 e. The Balaban J connectivity index is 2.18. The Kier molecular flexibility index (Phi) is 4.71. The highest BCUT2D eigenvalue weighted by atomic mass is 79.9. The van der Waals surface area contributed by atoms with E-state index in [9.17, 15) is 9.50 Å². The maximum absolute atomic E-state index is 13.7. The second-order valence-corrected chi connectivity index (χ2v) is 5.35. The second kappa shape index (κ2) is 6.30. The summed E-state index contributed by atoms with van der Waals surface area (Å²) in [5.41, 5.74) is 1.22. The zero-order valence-electron chi connectivity index (χ0n) is 10.7. The van der Waals surface area contributed by atoms with E-state index in [1.807, 2.05) is 6.92 Å². The minimum absolute atomic E-state index is 0.237. The van der Waals surface area contributed by atoms with E-state index in [2.05, 4.69) is 21.0 Å². The molecule has 1 aromatic heterocycles. The van der Waals surface area contributed by atoms with E-state index in [1.54, 1.807) is 29.1 Å². The largest absolute Gasteiger partial charge is 0.386 e. The van der Waals surface area contributed by atoms with Gasteiger partial charge in [0.2, 0.25) is 0 Å². The first-order chi connectivity index (χ1) is 9.11. The van der Waals surface area contributed by atoms with Crippen LogP contribution in [0.4, 0.5) is 4.39 Å². The highest BCUT2D eigenvalue weighted by Gasteiger charge is 2.15. The zero-order valence-corrected chi connectivity index (χ0v) is 12.3. The van der Waals surface area contributed by atoms with E-state index in [0.717, 1.165) is 23.1 Å². The number of hydrogen-bond acceptors (Lipinski definition) is 2. The van der Waals surface area contributed by atoms with Gasteiger partial charge in [-0.05, 0) is 36.2 Å². The van der Waals surface area contributed by atoms with Crippen molar-refractivity contribution in [2.24, 2.45) is 0 Å². The highest BCUT2D eigenvalue weighted by molar-refractivity contribution is 9.10. The molecule has 0 aliphatic rings. The normalized spacial score (nSPS) is 12.6. The number of aryl methyl sites for hydroxylation is 1. The summed E-state index contributed by atoms with van der Waals surface area (Å²) in [7, 11) is 0. The lowest BCUT2D eigenvalue weighted by Crippen LogP contribution is -2.11. The lowest BCUT2D eigenvalue weighted by molar-refractivity contribution is 0.165. The quantitative estimate of drug-likeness (QED) is 0.913. The third kappa shape index (κ3) is 3.42. The van der Waals surface area contributed by atoms with Gasteiger partial charge in [-0.1, -0.05) is 22.9 Å². The fraction of sp³-hybridized carbons (Fsp3) is 0.357. The Hall–Kier alpha value is -1.20. The molecule has 2 rings (SSSR count). The van der Waals surface area contributed by atoms with Gasteiger partial charge in [-0.3, -0.25) is 4.68 Å². The molecule has 1 atom stereocenters. The van der Waals surface area contributed by atoms with Gasteiger partial charge in [0.25, 0.3) is 0 Å². The number of aliphatic hydroxyl groups excluding tert-OH is 1. The molecule has 102 valence electrons. The van der Waals surface area contributed by atoms with E-state index < -0.39 is 6.10 Å². The van der Waals surface area contributed by atoms with Crippen molar-refractivity contribution in [3.63, 3.8) is 0 Å². The average Bonchev–Trinajstić information content (AvgIpc) is 2.82. The second-order valence-electron chi connectivity index (χ2n) is 4.43.